The van der Waals surface area contributed by atoms with E-state index < -0.39 is 0 Å². The first kappa shape index (κ1) is 16.6. The Hall–Kier alpha value is -2.21. The summed E-state index contributed by atoms with van der Waals surface area (Å²) < 4.78 is 11.4. The topological polar surface area (TPSA) is 60.5 Å². The highest BCUT2D eigenvalue weighted by Crippen LogP contribution is 2.24. The van der Waals surface area contributed by atoms with Crippen molar-refractivity contribution in [3.63, 3.8) is 0 Å². The van der Waals surface area contributed by atoms with Gasteiger partial charge in [-0.25, -0.2) is 4.98 Å². The standard InChI is InChI=1S/C18H20N2O3S/c21-17(19-10-11-22-14-5-2-1-3-6-14)16-7-4-9-20-18(16)23-15-8-12-24-13-15/h1-7,9,15H,8,10-13H2,(H,19,21). The van der Waals surface area contributed by atoms with E-state index in [-0.39, 0.29) is 12.0 Å². The summed E-state index contributed by atoms with van der Waals surface area (Å²) >= 11 is 1.86. The summed E-state index contributed by atoms with van der Waals surface area (Å²) in [7, 11) is 0. The maximum atomic E-state index is 12.4. The van der Waals surface area contributed by atoms with E-state index in [4.69, 9.17) is 9.47 Å². The molecular formula is C18H20N2O3S. The number of hydrogen-bond acceptors (Lipinski definition) is 5. The number of ether oxygens (including phenoxy) is 2. The van der Waals surface area contributed by atoms with E-state index >= 15 is 0 Å². The second-order valence-electron chi connectivity index (χ2n) is 5.38. The van der Waals surface area contributed by atoms with Gasteiger partial charge in [-0.2, -0.15) is 11.8 Å². The summed E-state index contributed by atoms with van der Waals surface area (Å²) in [5.41, 5.74) is 0.467. The molecule has 0 spiro atoms. The van der Waals surface area contributed by atoms with E-state index in [1.807, 2.05) is 42.1 Å². The molecule has 1 fully saturated rings. The molecule has 0 bridgehead atoms. The molecule has 2 heterocycles. The average Bonchev–Trinajstić information content (AvgIpc) is 3.13. The molecular weight excluding hydrogens is 324 g/mol. The van der Waals surface area contributed by atoms with E-state index in [2.05, 4.69) is 10.3 Å². The summed E-state index contributed by atoms with van der Waals surface area (Å²) in [4.78, 5) is 16.6. The fourth-order valence-electron chi connectivity index (χ4n) is 2.37. The van der Waals surface area contributed by atoms with Crippen LogP contribution in [0.25, 0.3) is 0 Å². The monoisotopic (exact) mass is 344 g/mol. The first-order valence-electron chi connectivity index (χ1n) is 7.98. The van der Waals surface area contributed by atoms with Crippen LogP contribution in [-0.4, -0.2) is 41.7 Å². The lowest BCUT2D eigenvalue weighted by atomic mass is 10.2. The third-order valence-electron chi connectivity index (χ3n) is 3.58. The van der Waals surface area contributed by atoms with Crippen molar-refractivity contribution in [2.75, 3.05) is 24.7 Å². The number of benzene rings is 1. The Morgan fingerprint density at radius 2 is 2.12 bits per heavy atom. The van der Waals surface area contributed by atoms with Crippen LogP contribution in [0.3, 0.4) is 0 Å². The minimum absolute atomic E-state index is 0.137. The molecule has 0 aliphatic carbocycles. The number of nitrogens with zero attached hydrogens (tertiary/aromatic N) is 1. The number of carbonyl (C=O) groups excluding carboxylic acids is 1. The number of amides is 1. The van der Waals surface area contributed by atoms with Crippen molar-refractivity contribution in [2.24, 2.45) is 0 Å². The molecule has 24 heavy (non-hydrogen) atoms. The van der Waals surface area contributed by atoms with E-state index in [9.17, 15) is 4.79 Å². The van der Waals surface area contributed by atoms with E-state index in [1.54, 1.807) is 18.3 Å². The van der Waals surface area contributed by atoms with Crippen molar-refractivity contribution < 1.29 is 14.3 Å². The number of rotatable bonds is 7. The fourth-order valence-corrected chi connectivity index (χ4v) is 3.46. The zero-order chi connectivity index (χ0) is 16.6. The van der Waals surface area contributed by atoms with E-state index in [0.29, 0.717) is 24.6 Å². The third-order valence-corrected chi connectivity index (χ3v) is 4.71. The molecule has 126 valence electrons. The van der Waals surface area contributed by atoms with Gasteiger partial charge in [0.1, 0.15) is 24.0 Å². The lowest BCUT2D eigenvalue weighted by Crippen LogP contribution is -2.29. The number of pyridine rings is 1. The molecule has 2 aromatic rings. The van der Waals surface area contributed by atoms with Crippen LogP contribution in [-0.2, 0) is 0 Å². The largest absolute Gasteiger partial charge is 0.492 e. The second-order valence-corrected chi connectivity index (χ2v) is 6.53. The fraction of sp³-hybridized carbons (Fsp3) is 0.333. The Morgan fingerprint density at radius 3 is 2.92 bits per heavy atom. The normalized spacial score (nSPS) is 16.6. The molecule has 1 unspecified atom stereocenters. The van der Waals surface area contributed by atoms with Crippen LogP contribution in [0.5, 0.6) is 11.6 Å². The van der Waals surface area contributed by atoms with Gasteiger partial charge < -0.3 is 14.8 Å². The smallest absolute Gasteiger partial charge is 0.256 e. The number of hydrogen-bond donors (Lipinski definition) is 1. The van der Waals surface area contributed by atoms with Crippen molar-refractivity contribution in [3.05, 3.63) is 54.2 Å². The SMILES string of the molecule is O=C(NCCOc1ccccc1)c1cccnc1OC1CCSC1. The van der Waals surface area contributed by atoms with Crippen LogP contribution in [0.2, 0.25) is 0 Å². The van der Waals surface area contributed by atoms with Crippen LogP contribution < -0.4 is 14.8 Å². The van der Waals surface area contributed by atoms with Gasteiger partial charge in [0.25, 0.3) is 5.91 Å². The van der Waals surface area contributed by atoms with Crippen molar-refractivity contribution in [2.45, 2.75) is 12.5 Å². The molecule has 0 radical (unpaired) electrons. The number of nitrogens with one attached hydrogen (secondary N) is 1. The van der Waals surface area contributed by atoms with Gasteiger partial charge in [0.05, 0.1) is 6.54 Å². The molecule has 0 saturated carbocycles. The zero-order valence-electron chi connectivity index (χ0n) is 13.3. The maximum absolute atomic E-state index is 12.4. The Labute approximate surface area is 145 Å². The molecule has 1 aliphatic rings. The predicted octanol–water partition coefficient (Wildman–Crippen LogP) is 2.77. The van der Waals surface area contributed by atoms with Crippen LogP contribution in [0.1, 0.15) is 16.8 Å². The van der Waals surface area contributed by atoms with Crippen molar-refractivity contribution in [1.29, 1.82) is 0 Å². The molecule has 6 heteroatoms. The number of carbonyl (C=O) groups is 1. The molecule has 3 rings (SSSR count). The second kappa shape index (κ2) is 8.59. The summed E-state index contributed by atoms with van der Waals surface area (Å²) in [5, 5.41) is 2.85. The first-order chi connectivity index (χ1) is 11.8. The Bertz CT molecular complexity index is 660. The van der Waals surface area contributed by atoms with Gasteiger partial charge in [0.15, 0.2) is 0 Å². The van der Waals surface area contributed by atoms with Gasteiger partial charge in [-0.3, -0.25) is 4.79 Å². The zero-order valence-corrected chi connectivity index (χ0v) is 14.1. The highest BCUT2D eigenvalue weighted by atomic mass is 32.2. The number of thioether (sulfide) groups is 1. The summed E-state index contributed by atoms with van der Waals surface area (Å²) in [6, 6.07) is 13.0. The molecule has 1 saturated heterocycles. The summed E-state index contributed by atoms with van der Waals surface area (Å²) in [5.74, 6) is 3.04. The third kappa shape index (κ3) is 4.64. The summed E-state index contributed by atoms with van der Waals surface area (Å²) in [6.45, 7) is 0.826. The van der Waals surface area contributed by atoms with Gasteiger partial charge >= 0.3 is 0 Å². The maximum Gasteiger partial charge on any atom is 0.256 e. The van der Waals surface area contributed by atoms with E-state index in [1.165, 1.54) is 0 Å². The quantitative estimate of drug-likeness (QED) is 0.783. The van der Waals surface area contributed by atoms with Crippen LogP contribution in [0.15, 0.2) is 48.7 Å². The van der Waals surface area contributed by atoms with E-state index in [0.717, 1.165) is 23.7 Å². The molecule has 1 aliphatic heterocycles. The average molecular weight is 344 g/mol. The van der Waals surface area contributed by atoms with Crippen molar-refractivity contribution >= 4 is 17.7 Å². The van der Waals surface area contributed by atoms with Crippen LogP contribution in [0.4, 0.5) is 0 Å². The number of aromatic nitrogens is 1. The van der Waals surface area contributed by atoms with Gasteiger partial charge in [-0.05, 0) is 36.4 Å². The lowest BCUT2D eigenvalue weighted by Gasteiger charge is -2.14. The molecule has 1 aromatic carbocycles. The number of para-hydroxylation sites is 1. The lowest BCUT2D eigenvalue weighted by molar-refractivity contribution is 0.0939. The Kier molecular flexibility index (Phi) is 5.96. The van der Waals surface area contributed by atoms with Crippen LogP contribution in [0, 0.1) is 0 Å². The van der Waals surface area contributed by atoms with Gasteiger partial charge in [-0.1, -0.05) is 18.2 Å². The van der Waals surface area contributed by atoms with Crippen molar-refractivity contribution in [1.82, 2.24) is 10.3 Å². The molecule has 1 N–H and O–H groups in total. The molecule has 1 aromatic heterocycles. The van der Waals surface area contributed by atoms with Gasteiger partial charge in [0, 0.05) is 11.9 Å². The highest BCUT2D eigenvalue weighted by Gasteiger charge is 2.21. The first-order valence-corrected chi connectivity index (χ1v) is 9.14. The van der Waals surface area contributed by atoms with Gasteiger partial charge in [-0.15, -0.1) is 0 Å². The summed E-state index contributed by atoms with van der Waals surface area (Å²) in [6.07, 6.45) is 2.78. The predicted molar refractivity (Wildman–Crippen MR) is 94.9 cm³/mol. The minimum atomic E-state index is -0.194. The Balaban J connectivity index is 1.51. The molecule has 1 amide bonds. The Morgan fingerprint density at radius 1 is 1.25 bits per heavy atom. The van der Waals surface area contributed by atoms with Gasteiger partial charge in [0.2, 0.25) is 5.88 Å². The highest BCUT2D eigenvalue weighted by molar-refractivity contribution is 7.99. The molecule has 1 atom stereocenters. The van der Waals surface area contributed by atoms with Crippen LogP contribution >= 0.6 is 11.8 Å². The minimum Gasteiger partial charge on any atom is -0.492 e. The van der Waals surface area contributed by atoms with Crippen molar-refractivity contribution in [3.8, 4) is 11.6 Å². The molecule has 5 nitrogen and oxygen atoms in total.